The van der Waals surface area contributed by atoms with Crippen LogP contribution in [0.4, 0.5) is 4.79 Å². The predicted octanol–water partition coefficient (Wildman–Crippen LogP) is 5.17. The Labute approximate surface area is 235 Å². The highest BCUT2D eigenvalue weighted by atomic mass is 79.9. The predicted molar refractivity (Wildman–Crippen MR) is 152 cm³/mol. The summed E-state index contributed by atoms with van der Waals surface area (Å²) in [5.74, 6) is -0.0220. The Kier molecular flexibility index (Phi) is 9.33. The molecule has 1 unspecified atom stereocenters. The van der Waals surface area contributed by atoms with Crippen LogP contribution in [0.2, 0.25) is 5.02 Å². The van der Waals surface area contributed by atoms with Crippen molar-refractivity contribution in [3.05, 3.63) is 69.3 Å². The molecule has 3 N–H and O–H groups in total. The first-order chi connectivity index (χ1) is 18.2. The van der Waals surface area contributed by atoms with Gasteiger partial charge in [-0.05, 0) is 60.5 Å². The number of halogens is 2. The zero-order valence-electron chi connectivity index (χ0n) is 21.3. The van der Waals surface area contributed by atoms with Crippen molar-refractivity contribution in [1.29, 1.82) is 0 Å². The summed E-state index contributed by atoms with van der Waals surface area (Å²) in [5, 5.41) is 16.5. The summed E-state index contributed by atoms with van der Waals surface area (Å²) >= 11 is 9.71. The number of carbonyl (C=O) groups excluding carboxylic acids is 2. The standard InChI is InChI=1S/C28H32BrClN4O4/c1-18(35)31-10-12-34-25(14-20-6-9-23(30)15-26(20)34)21-3-2-11-33(17-21)27(36)16-24(32-28(37)38)13-19-4-7-22(29)8-5-19/h4-9,14-15,21,24,32H,2-3,10-13,16-17H2,1H3,(H,31,35)(H,37,38)/t21?,24-/m1/s1. The third-order valence-electron chi connectivity index (χ3n) is 6.94. The molecule has 2 aromatic carbocycles. The van der Waals surface area contributed by atoms with E-state index in [0.29, 0.717) is 37.6 Å². The second kappa shape index (κ2) is 12.7. The van der Waals surface area contributed by atoms with Gasteiger partial charge in [-0.1, -0.05) is 45.7 Å². The van der Waals surface area contributed by atoms with E-state index < -0.39 is 12.1 Å². The molecule has 0 spiro atoms. The van der Waals surface area contributed by atoms with Crippen LogP contribution in [0.1, 0.15) is 43.4 Å². The van der Waals surface area contributed by atoms with Crippen LogP contribution in [-0.4, -0.2) is 58.2 Å². The number of aromatic nitrogens is 1. The lowest BCUT2D eigenvalue weighted by atomic mass is 9.93. The lowest BCUT2D eigenvalue weighted by Gasteiger charge is -2.34. The lowest BCUT2D eigenvalue weighted by molar-refractivity contribution is -0.133. The van der Waals surface area contributed by atoms with Gasteiger partial charge in [0.15, 0.2) is 0 Å². The normalized spacial score (nSPS) is 16.3. The van der Waals surface area contributed by atoms with Gasteiger partial charge in [-0.25, -0.2) is 4.79 Å². The maximum atomic E-state index is 13.4. The highest BCUT2D eigenvalue weighted by Gasteiger charge is 2.29. The molecule has 0 bridgehead atoms. The summed E-state index contributed by atoms with van der Waals surface area (Å²) in [4.78, 5) is 38.1. The Morgan fingerprint density at radius 1 is 1.16 bits per heavy atom. The molecule has 1 aliphatic rings. The molecule has 0 radical (unpaired) electrons. The van der Waals surface area contributed by atoms with Crippen LogP contribution >= 0.6 is 27.5 Å². The summed E-state index contributed by atoms with van der Waals surface area (Å²) in [5.41, 5.74) is 3.07. The van der Waals surface area contributed by atoms with E-state index in [1.165, 1.54) is 6.92 Å². The number of nitrogens with zero attached hydrogens (tertiary/aromatic N) is 2. The number of benzene rings is 2. The van der Waals surface area contributed by atoms with Crippen molar-refractivity contribution >= 4 is 56.3 Å². The number of hydrogen-bond acceptors (Lipinski definition) is 3. The van der Waals surface area contributed by atoms with Gasteiger partial charge in [0, 0.05) is 72.2 Å². The topological polar surface area (TPSA) is 104 Å². The van der Waals surface area contributed by atoms with E-state index in [-0.39, 0.29) is 24.2 Å². The summed E-state index contributed by atoms with van der Waals surface area (Å²) in [6, 6.07) is 15.1. The zero-order chi connectivity index (χ0) is 27.2. The number of fused-ring (bicyclic) bond motifs is 1. The van der Waals surface area contributed by atoms with Crippen LogP contribution < -0.4 is 10.6 Å². The fourth-order valence-corrected chi connectivity index (χ4v) is 5.65. The largest absolute Gasteiger partial charge is 0.465 e. The van der Waals surface area contributed by atoms with Crippen molar-refractivity contribution in [2.75, 3.05) is 19.6 Å². The molecule has 38 heavy (non-hydrogen) atoms. The molecule has 2 atom stereocenters. The Hall–Kier alpha value is -3.04. The van der Waals surface area contributed by atoms with Crippen LogP contribution in [0.5, 0.6) is 0 Å². The third-order valence-corrected chi connectivity index (χ3v) is 7.71. The van der Waals surface area contributed by atoms with Crippen LogP contribution in [0.15, 0.2) is 53.0 Å². The first kappa shape index (κ1) is 28.0. The van der Waals surface area contributed by atoms with Gasteiger partial charge >= 0.3 is 6.09 Å². The maximum Gasteiger partial charge on any atom is 0.404 e. The fourth-order valence-electron chi connectivity index (χ4n) is 5.22. The maximum absolute atomic E-state index is 13.4. The average Bonchev–Trinajstić information content (AvgIpc) is 3.22. The minimum absolute atomic E-state index is 0.0606. The number of amides is 3. The van der Waals surface area contributed by atoms with Gasteiger partial charge in [0.25, 0.3) is 0 Å². The quantitative estimate of drug-likeness (QED) is 0.314. The molecule has 8 nitrogen and oxygen atoms in total. The Morgan fingerprint density at radius 2 is 1.92 bits per heavy atom. The molecule has 3 aromatic rings. The average molecular weight is 604 g/mol. The first-order valence-electron chi connectivity index (χ1n) is 12.7. The number of carbonyl (C=O) groups is 3. The van der Waals surface area contributed by atoms with Crippen molar-refractivity contribution < 1.29 is 19.5 Å². The molecule has 0 saturated carbocycles. The molecule has 3 amide bonds. The van der Waals surface area contributed by atoms with Gasteiger partial charge in [0.1, 0.15) is 0 Å². The number of rotatable bonds is 9. The molecule has 10 heteroatoms. The molecule has 1 aliphatic heterocycles. The molecular weight excluding hydrogens is 572 g/mol. The van der Waals surface area contributed by atoms with E-state index in [4.69, 9.17) is 11.6 Å². The second-order valence-electron chi connectivity index (χ2n) is 9.77. The van der Waals surface area contributed by atoms with Crippen molar-refractivity contribution in [1.82, 2.24) is 20.1 Å². The number of likely N-dealkylation sites (tertiary alicyclic amines) is 1. The van der Waals surface area contributed by atoms with Gasteiger partial charge < -0.3 is 25.2 Å². The van der Waals surface area contributed by atoms with Gasteiger partial charge in [-0.3, -0.25) is 9.59 Å². The van der Waals surface area contributed by atoms with E-state index >= 15 is 0 Å². The van der Waals surface area contributed by atoms with Gasteiger partial charge in [-0.15, -0.1) is 0 Å². The van der Waals surface area contributed by atoms with Crippen LogP contribution in [0.3, 0.4) is 0 Å². The SMILES string of the molecule is CC(=O)NCCn1c(C2CCCN(C(=O)C[C@@H](Cc3ccc(Br)cc3)NC(=O)O)C2)cc2ccc(Cl)cc21. The van der Waals surface area contributed by atoms with E-state index in [1.54, 1.807) is 0 Å². The molecule has 1 fully saturated rings. The Morgan fingerprint density at radius 3 is 2.63 bits per heavy atom. The van der Waals surface area contributed by atoms with Crippen molar-refractivity contribution in [2.45, 2.75) is 51.1 Å². The molecule has 0 aliphatic carbocycles. The minimum atomic E-state index is -1.14. The molecule has 4 rings (SSSR count). The number of nitrogens with one attached hydrogen (secondary N) is 2. The monoisotopic (exact) mass is 602 g/mol. The highest BCUT2D eigenvalue weighted by Crippen LogP contribution is 2.33. The van der Waals surface area contributed by atoms with Crippen LogP contribution in [0, 0.1) is 0 Å². The van der Waals surface area contributed by atoms with Gasteiger partial charge in [0.2, 0.25) is 11.8 Å². The minimum Gasteiger partial charge on any atom is -0.465 e. The van der Waals surface area contributed by atoms with E-state index in [1.807, 2.05) is 47.4 Å². The first-order valence-corrected chi connectivity index (χ1v) is 13.9. The molecule has 202 valence electrons. The summed E-state index contributed by atoms with van der Waals surface area (Å²) < 4.78 is 3.13. The fraction of sp³-hybridized carbons (Fsp3) is 0.393. The number of piperidine rings is 1. The lowest BCUT2D eigenvalue weighted by Crippen LogP contribution is -2.44. The van der Waals surface area contributed by atoms with Gasteiger partial charge in [-0.2, -0.15) is 0 Å². The highest BCUT2D eigenvalue weighted by molar-refractivity contribution is 9.10. The molecular formula is C28H32BrClN4O4. The van der Waals surface area contributed by atoms with E-state index in [9.17, 15) is 19.5 Å². The summed E-state index contributed by atoms with van der Waals surface area (Å²) in [6.07, 6.45) is 1.17. The smallest absolute Gasteiger partial charge is 0.404 e. The van der Waals surface area contributed by atoms with Crippen molar-refractivity contribution in [3.8, 4) is 0 Å². The second-order valence-corrected chi connectivity index (χ2v) is 11.1. The molecule has 1 saturated heterocycles. The van der Waals surface area contributed by atoms with Crippen molar-refractivity contribution in [2.24, 2.45) is 0 Å². The number of hydrogen-bond donors (Lipinski definition) is 3. The molecule has 2 heterocycles. The summed E-state index contributed by atoms with van der Waals surface area (Å²) in [7, 11) is 0. The van der Waals surface area contributed by atoms with Crippen LogP contribution in [0.25, 0.3) is 10.9 Å². The number of carboxylic acid groups (broad SMARTS) is 1. The van der Waals surface area contributed by atoms with Crippen LogP contribution in [-0.2, 0) is 22.6 Å². The Balaban J connectivity index is 1.50. The van der Waals surface area contributed by atoms with Gasteiger partial charge in [0.05, 0.1) is 0 Å². The van der Waals surface area contributed by atoms with E-state index in [2.05, 4.69) is 37.2 Å². The molecule has 1 aromatic heterocycles. The van der Waals surface area contributed by atoms with Crippen molar-refractivity contribution in [3.63, 3.8) is 0 Å². The Bertz CT molecular complexity index is 1310. The summed E-state index contributed by atoms with van der Waals surface area (Å²) in [6.45, 7) is 3.79. The third kappa shape index (κ3) is 7.29. The zero-order valence-corrected chi connectivity index (χ0v) is 23.6. The van der Waals surface area contributed by atoms with E-state index in [0.717, 1.165) is 39.5 Å².